The largest absolute Gasteiger partial charge is 0.481 e. The SMILES string of the molecule is O=C(O)CC1CCN(C(=O)c2nn[nH]n2)C1. The highest BCUT2D eigenvalue weighted by atomic mass is 16.4. The summed E-state index contributed by atoms with van der Waals surface area (Å²) in [5, 5.41) is 21.3. The number of aromatic amines is 1. The molecule has 8 heteroatoms. The Bertz CT molecular complexity index is 390. The fourth-order valence-electron chi connectivity index (χ4n) is 1.82. The van der Waals surface area contributed by atoms with Crippen LogP contribution in [0.2, 0.25) is 0 Å². The number of likely N-dealkylation sites (tertiary alicyclic amines) is 1. The van der Waals surface area contributed by atoms with Crippen LogP contribution < -0.4 is 0 Å². The highest BCUT2D eigenvalue weighted by Crippen LogP contribution is 2.20. The first-order valence-corrected chi connectivity index (χ1v) is 4.91. The molecule has 1 unspecified atom stereocenters. The van der Waals surface area contributed by atoms with Crippen LogP contribution in [0, 0.1) is 5.92 Å². The van der Waals surface area contributed by atoms with E-state index in [-0.39, 0.29) is 24.1 Å². The number of H-pyrrole nitrogens is 1. The highest BCUT2D eigenvalue weighted by molar-refractivity contribution is 5.90. The van der Waals surface area contributed by atoms with Crippen LogP contribution in [0.25, 0.3) is 0 Å². The molecule has 86 valence electrons. The zero-order valence-electron chi connectivity index (χ0n) is 8.46. The third kappa shape index (κ3) is 2.15. The average molecular weight is 225 g/mol. The van der Waals surface area contributed by atoms with Crippen molar-refractivity contribution in [2.75, 3.05) is 13.1 Å². The summed E-state index contributed by atoms with van der Waals surface area (Å²) >= 11 is 0. The van der Waals surface area contributed by atoms with Crippen LogP contribution >= 0.6 is 0 Å². The zero-order valence-corrected chi connectivity index (χ0v) is 8.46. The van der Waals surface area contributed by atoms with Crippen molar-refractivity contribution in [1.29, 1.82) is 0 Å². The van der Waals surface area contributed by atoms with E-state index in [1.54, 1.807) is 4.90 Å². The van der Waals surface area contributed by atoms with Crippen LogP contribution in [0.3, 0.4) is 0 Å². The van der Waals surface area contributed by atoms with Crippen molar-refractivity contribution in [3.05, 3.63) is 5.82 Å². The monoisotopic (exact) mass is 225 g/mol. The summed E-state index contributed by atoms with van der Waals surface area (Å²) in [7, 11) is 0. The van der Waals surface area contributed by atoms with Crippen molar-refractivity contribution < 1.29 is 14.7 Å². The Morgan fingerprint density at radius 1 is 1.56 bits per heavy atom. The summed E-state index contributed by atoms with van der Waals surface area (Å²) in [6.07, 6.45) is 0.798. The number of nitrogens with zero attached hydrogens (tertiary/aromatic N) is 4. The predicted molar refractivity (Wildman–Crippen MR) is 50.4 cm³/mol. The first-order chi connectivity index (χ1) is 7.66. The molecule has 1 aliphatic rings. The second-order valence-corrected chi connectivity index (χ2v) is 3.74. The Labute approximate surface area is 90.6 Å². The summed E-state index contributed by atoms with van der Waals surface area (Å²) in [5.74, 6) is -1.09. The van der Waals surface area contributed by atoms with Gasteiger partial charge in [0.1, 0.15) is 0 Å². The lowest BCUT2D eigenvalue weighted by Gasteiger charge is -2.13. The number of carbonyl (C=O) groups excluding carboxylic acids is 1. The number of carbonyl (C=O) groups is 2. The van der Waals surface area contributed by atoms with E-state index in [2.05, 4.69) is 20.6 Å². The van der Waals surface area contributed by atoms with Gasteiger partial charge in [-0.1, -0.05) is 0 Å². The summed E-state index contributed by atoms with van der Waals surface area (Å²) in [6, 6.07) is 0. The molecule has 1 fully saturated rings. The molecule has 2 N–H and O–H groups in total. The summed E-state index contributed by atoms with van der Waals surface area (Å²) in [6.45, 7) is 0.991. The van der Waals surface area contributed by atoms with Crippen molar-refractivity contribution in [1.82, 2.24) is 25.5 Å². The van der Waals surface area contributed by atoms with E-state index in [0.29, 0.717) is 19.5 Å². The van der Waals surface area contributed by atoms with Gasteiger partial charge in [0.25, 0.3) is 11.7 Å². The van der Waals surface area contributed by atoms with E-state index in [4.69, 9.17) is 5.11 Å². The van der Waals surface area contributed by atoms with Gasteiger partial charge in [-0.3, -0.25) is 9.59 Å². The van der Waals surface area contributed by atoms with Crippen molar-refractivity contribution >= 4 is 11.9 Å². The zero-order chi connectivity index (χ0) is 11.5. The molecular formula is C8H11N5O3. The van der Waals surface area contributed by atoms with Gasteiger partial charge in [0, 0.05) is 19.5 Å². The third-order valence-electron chi connectivity index (χ3n) is 2.57. The maximum absolute atomic E-state index is 11.7. The second kappa shape index (κ2) is 4.25. The van der Waals surface area contributed by atoms with Gasteiger partial charge < -0.3 is 10.0 Å². The first-order valence-electron chi connectivity index (χ1n) is 4.91. The molecule has 1 saturated heterocycles. The van der Waals surface area contributed by atoms with Gasteiger partial charge in [0.15, 0.2) is 0 Å². The number of aliphatic carboxylic acids is 1. The summed E-state index contributed by atoms with van der Waals surface area (Å²) in [5.41, 5.74) is 0. The Hall–Kier alpha value is -1.99. The predicted octanol–water partition coefficient (Wildman–Crippen LogP) is -0.864. The van der Waals surface area contributed by atoms with Crippen LogP contribution in [0.15, 0.2) is 0 Å². The molecule has 1 aliphatic heterocycles. The minimum Gasteiger partial charge on any atom is -0.481 e. The lowest BCUT2D eigenvalue weighted by Crippen LogP contribution is -2.29. The number of carboxylic acids is 1. The average Bonchev–Trinajstić information content (AvgIpc) is 2.84. The molecule has 2 rings (SSSR count). The van der Waals surface area contributed by atoms with E-state index in [9.17, 15) is 9.59 Å². The van der Waals surface area contributed by atoms with Gasteiger partial charge in [0.2, 0.25) is 0 Å². The Kier molecular flexibility index (Phi) is 2.80. The van der Waals surface area contributed by atoms with Gasteiger partial charge in [-0.25, -0.2) is 0 Å². The van der Waals surface area contributed by atoms with Crippen molar-refractivity contribution in [3.63, 3.8) is 0 Å². The number of amides is 1. The smallest absolute Gasteiger partial charge is 0.303 e. The minimum atomic E-state index is -0.834. The molecule has 0 aromatic carbocycles. The van der Waals surface area contributed by atoms with Crippen LogP contribution in [-0.2, 0) is 4.79 Å². The lowest BCUT2D eigenvalue weighted by atomic mass is 10.1. The topological polar surface area (TPSA) is 112 Å². The molecule has 8 nitrogen and oxygen atoms in total. The van der Waals surface area contributed by atoms with Gasteiger partial charge in [-0.05, 0) is 17.6 Å². The molecule has 1 amide bonds. The van der Waals surface area contributed by atoms with E-state index >= 15 is 0 Å². The molecule has 16 heavy (non-hydrogen) atoms. The van der Waals surface area contributed by atoms with E-state index in [0.717, 1.165) is 0 Å². The minimum absolute atomic E-state index is 0.0216. The maximum Gasteiger partial charge on any atom is 0.303 e. The van der Waals surface area contributed by atoms with Crippen LogP contribution in [0.4, 0.5) is 0 Å². The number of carboxylic acid groups (broad SMARTS) is 1. The van der Waals surface area contributed by atoms with Crippen molar-refractivity contribution in [2.45, 2.75) is 12.8 Å². The van der Waals surface area contributed by atoms with Gasteiger partial charge >= 0.3 is 5.97 Å². The second-order valence-electron chi connectivity index (χ2n) is 3.74. The van der Waals surface area contributed by atoms with Crippen molar-refractivity contribution in [3.8, 4) is 0 Å². The third-order valence-corrected chi connectivity index (χ3v) is 2.57. The Morgan fingerprint density at radius 3 is 3.00 bits per heavy atom. The van der Waals surface area contributed by atoms with Crippen molar-refractivity contribution in [2.24, 2.45) is 5.92 Å². The molecule has 0 radical (unpaired) electrons. The number of tetrazole rings is 1. The number of rotatable bonds is 3. The maximum atomic E-state index is 11.7. The molecule has 1 atom stereocenters. The molecule has 0 spiro atoms. The molecule has 1 aromatic rings. The molecule has 0 saturated carbocycles. The highest BCUT2D eigenvalue weighted by Gasteiger charge is 2.29. The fraction of sp³-hybridized carbons (Fsp3) is 0.625. The first kappa shape index (κ1) is 10.5. The number of hydrogen-bond acceptors (Lipinski definition) is 5. The summed E-state index contributed by atoms with van der Waals surface area (Å²) < 4.78 is 0. The molecular weight excluding hydrogens is 214 g/mol. The molecule has 1 aromatic heterocycles. The fourth-order valence-corrected chi connectivity index (χ4v) is 1.82. The van der Waals surface area contributed by atoms with Gasteiger partial charge in [-0.2, -0.15) is 5.21 Å². The molecule has 0 bridgehead atoms. The van der Waals surface area contributed by atoms with Crippen LogP contribution in [-0.4, -0.2) is 55.6 Å². The van der Waals surface area contributed by atoms with E-state index < -0.39 is 5.97 Å². The standard InChI is InChI=1S/C8H11N5O3/c14-6(15)3-5-1-2-13(4-5)8(16)7-9-11-12-10-7/h5H,1-4H2,(H,14,15)(H,9,10,11,12). The Morgan fingerprint density at radius 2 is 2.38 bits per heavy atom. The Balaban J connectivity index is 1.94. The van der Waals surface area contributed by atoms with E-state index in [1.165, 1.54) is 0 Å². The van der Waals surface area contributed by atoms with Crippen LogP contribution in [0.5, 0.6) is 0 Å². The molecule has 2 heterocycles. The quantitative estimate of drug-likeness (QED) is 0.692. The number of aromatic nitrogens is 4. The van der Waals surface area contributed by atoms with Gasteiger partial charge in [-0.15, -0.1) is 10.2 Å². The van der Waals surface area contributed by atoms with Gasteiger partial charge in [0.05, 0.1) is 0 Å². The normalized spacial score (nSPS) is 20.0. The molecule has 0 aliphatic carbocycles. The lowest BCUT2D eigenvalue weighted by molar-refractivity contribution is -0.138. The summed E-state index contributed by atoms with van der Waals surface area (Å²) in [4.78, 5) is 23.8. The van der Waals surface area contributed by atoms with E-state index in [1.807, 2.05) is 0 Å². The number of hydrogen-bond donors (Lipinski definition) is 2. The number of nitrogens with one attached hydrogen (secondary N) is 1. The van der Waals surface area contributed by atoms with Crippen LogP contribution in [0.1, 0.15) is 23.5 Å².